The van der Waals surface area contributed by atoms with E-state index in [9.17, 15) is 84.5 Å². The third-order valence-electron chi connectivity index (χ3n) is 5.27. The summed E-state index contributed by atoms with van der Waals surface area (Å²) in [7, 11) is 0.678. The zero-order valence-electron chi connectivity index (χ0n) is 18.7. The second-order valence-corrected chi connectivity index (χ2v) is 8.14. The van der Waals surface area contributed by atoms with Crippen molar-refractivity contribution in [1.82, 2.24) is 0 Å². The highest BCUT2D eigenvalue weighted by molar-refractivity contribution is 5.91. The lowest BCUT2D eigenvalue weighted by atomic mass is 9.82. The number of aliphatic hydroxyl groups is 1. The standard InChI is InChI=1S/C19H13F17O3/c1-11(38,9-6-4-3-5-8(9)10(37)39-2)7-12(20,21)13(22,23)14(24,25)15(26,27)16(28,29)17(30,31)18(32,33)19(34,35)36/h3-6,38H,7H2,1-2H3. The molecule has 0 aliphatic rings. The number of rotatable bonds is 10. The summed E-state index contributed by atoms with van der Waals surface area (Å²) in [6.45, 7) is 0.0989. The van der Waals surface area contributed by atoms with Crippen LogP contribution in [0.2, 0.25) is 0 Å². The molecule has 0 bridgehead atoms. The minimum atomic E-state index is -8.75. The normalized spacial score (nSPS) is 16.6. The zero-order valence-corrected chi connectivity index (χ0v) is 18.7. The Morgan fingerprint density at radius 1 is 0.667 bits per heavy atom. The van der Waals surface area contributed by atoms with Gasteiger partial charge in [0.25, 0.3) is 0 Å². The number of benzene rings is 1. The maximum absolute atomic E-state index is 14.3. The maximum Gasteiger partial charge on any atom is 0.460 e. The van der Waals surface area contributed by atoms with Crippen LogP contribution in [-0.4, -0.2) is 65.8 Å². The van der Waals surface area contributed by atoms with E-state index in [0.29, 0.717) is 19.2 Å². The predicted octanol–water partition coefficient (Wildman–Crippen LogP) is 7.08. The van der Waals surface area contributed by atoms with Gasteiger partial charge < -0.3 is 9.84 Å². The zero-order chi connectivity index (χ0) is 31.5. The first-order valence-electron chi connectivity index (χ1n) is 9.54. The maximum atomic E-state index is 14.3. The van der Waals surface area contributed by atoms with Crippen molar-refractivity contribution in [2.75, 3.05) is 7.11 Å². The van der Waals surface area contributed by atoms with E-state index in [4.69, 9.17) is 0 Å². The van der Waals surface area contributed by atoms with Crippen LogP contribution in [-0.2, 0) is 10.3 Å². The van der Waals surface area contributed by atoms with Gasteiger partial charge in [-0.2, -0.15) is 74.6 Å². The highest BCUT2D eigenvalue weighted by Crippen LogP contribution is 2.64. The molecular formula is C19H13F17O3. The van der Waals surface area contributed by atoms with E-state index in [2.05, 4.69) is 4.74 Å². The molecule has 0 aliphatic carbocycles. The minimum Gasteiger partial charge on any atom is -0.465 e. The first-order valence-corrected chi connectivity index (χ1v) is 9.54. The van der Waals surface area contributed by atoms with Gasteiger partial charge in [-0.05, 0) is 18.6 Å². The molecule has 0 heterocycles. The number of hydrogen-bond donors (Lipinski definition) is 1. The Morgan fingerprint density at radius 3 is 1.41 bits per heavy atom. The van der Waals surface area contributed by atoms with Crippen molar-refractivity contribution in [1.29, 1.82) is 0 Å². The molecule has 20 heteroatoms. The minimum absolute atomic E-state index is 0.0989. The molecule has 0 aliphatic heterocycles. The number of alkyl halides is 17. The highest BCUT2D eigenvalue weighted by Gasteiger charge is 2.95. The SMILES string of the molecule is COC(=O)c1ccccc1C(C)(O)CC(F)(F)C(F)(F)C(F)(F)C(F)(F)C(F)(F)C(F)(F)C(F)(F)C(F)(F)F. The van der Waals surface area contributed by atoms with Crippen molar-refractivity contribution in [2.24, 2.45) is 0 Å². The van der Waals surface area contributed by atoms with Crippen LogP contribution in [0.25, 0.3) is 0 Å². The number of halogens is 17. The smallest absolute Gasteiger partial charge is 0.460 e. The fourth-order valence-corrected chi connectivity index (χ4v) is 3.08. The lowest BCUT2D eigenvalue weighted by Crippen LogP contribution is -2.74. The summed E-state index contributed by atoms with van der Waals surface area (Å²) in [6, 6.07) is 3.02. The first kappa shape index (κ1) is 34.5. The summed E-state index contributed by atoms with van der Waals surface area (Å²) in [5, 5.41) is 10.2. The lowest BCUT2D eigenvalue weighted by molar-refractivity contribution is -0.462. The van der Waals surface area contributed by atoms with Crippen LogP contribution in [0.1, 0.15) is 29.3 Å². The Balaban J connectivity index is 3.68. The molecule has 0 amide bonds. The van der Waals surface area contributed by atoms with Crippen molar-refractivity contribution < 1.29 is 89.3 Å². The molecule has 1 aromatic carbocycles. The number of carbonyl (C=O) groups excluding carboxylic acids is 1. The van der Waals surface area contributed by atoms with Crippen molar-refractivity contribution in [3.8, 4) is 0 Å². The van der Waals surface area contributed by atoms with Crippen molar-refractivity contribution in [3.63, 3.8) is 0 Å². The highest BCUT2D eigenvalue weighted by atomic mass is 19.4. The van der Waals surface area contributed by atoms with E-state index in [-0.39, 0.29) is 6.92 Å². The third kappa shape index (κ3) is 4.96. The molecule has 1 aromatic rings. The van der Waals surface area contributed by atoms with Crippen molar-refractivity contribution >= 4 is 5.97 Å². The fourth-order valence-electron chi connectivity index (χ4n) is 3.08. The summed E-state index contributed by atoms with van der Waals surface area (Å²) in [6.07, 6.45) is -11.0. The molecule has 0 radical (unpaired) electrons. The predicted molar refractivity (Wildman–Crippen MR) is 92.7 cm³/mol. The van der Waals surface area contributed by atoms with Gasteiger partial charge in [-0.15, -0.1) is 0 Å². The molecule has 1 N–H and O–H groups in total. The van der Waals surface area contributed by atoms with Crippen LogP contribution in [0, 0.1) is 0 Å². The molecule has 226 valence electrons. The van der Waals surface area contributed by atoms with Crippen molar-refractivity contribution in [2.45, 2.75) is 66.6 Å². The summed E-state index contributed by atoms with van der Waals surface area (Å²) >= 11 is 0. The van der Waals surface area contributed by atoms with Gasteiger partial charge >= 0.3 is 53.6 Å². The van der Waals surface area contributed by atoms with E-state index in [1.165, 1.54) is 0 Å². The van der Waals surface area contributed by atoms with Crippen LogP contribution in [0.5, 0.6) is 0 Å². The molecule has 0 saturated heterocycles. The van der Waals surface area contributed by atoms with Crippen LogP contribution in [0.3, 0.4) is 0 Å². The largest absolute Gasteiger partial charge is 0.465 e. The average molecular weight is 612 g/mol. The molecule has 0 spiro atoms. The first-order chi connectivity index (χ1) is 16.9. The van der Waals surface area contributed by atoms with E-state index in [1.807, 2.05) is 0 Å². The summed E-state index contributed by atoms with van der Waals surface area (Å²) in [4.78, 5) is 11.7. The number of methoxy groups -OCH3 is 1. The molecule has 0 aromatic heterocycles. The quantitative estimate of drug-likeness (QED) is 0.227. The number of carbonyl (C=O) groups is 1. The average Bonchev–Trinajstić information content (AvgIpc) is 2.76. The second-order valence-electron chi connectivity index (χ2n) is 8.14. The van der Waals surface area contributed by atoms with Crippen molar-refractivity contribution in [3.05, 3.63) is 35.4 Å². The Kier molecular flexibility index (Phi) is 8.43. The topological polar surface area (TPSA) is 46.5 Å². The summed E-state index contributed by atoms with van der Waals surface area (Å²) in [5.74, 6) is -59.1. The van der Waals surface area contributed by atoms with Gasteiger partial charge in [0.05, 0.1) is 24.7 Å². The van der Waals surface area contributed by atoms with E-state index in [1.54, 1.807) is 0 Å². The van der Waals surface area contributed by atoms with Gasteiger partial charge in [0, 0.05) is 0 Å². The van der Waals surface area contributed by atoms with E-state index < -0.39 is 76.8 Å². The van der Waals surface area contributed by atoms with Gasteiger partial charge in [0.2, 0.25) is 0 Å². The van der Waals surface area contributed by atoms with E-state index in [0.717, 1.165) is 12.1 Å². The monoisotopic (exact) mass is 612 g/mol. The summed E-state index contributed by atoms with van der Waals surface area (Å²) in [5.41, 5.74) is -5.65. The van der Waals surface area contributed by atoms with Gasteiger partial charge in [0.15, 0.2) is 0 Å². The van der Waals surface area contributed by atoms with Crippen LogP contribution >= 0.6 is 0 Å². The van der Waals surface area contributed by atoms with Gasteiger partial charge in [0.1, 0.15) is 0 Å². The number of ether oxygens (including phenoxy) is 1. The Bertz CT molecular complexity index is 1060. The lowest BCUT2D eigenvalue weighted by Gasteiger charge is -2.43. The summed E-state index contributed by atoms with van der Waals surface area (Å²) < 4.78 is 232. The second kappa shape index (κ2) is 9.53. The van der Waals surface area contributed by atoms with Crippen LogP contribution in [0.4, 0.5) is 74.6 Å². The van der Waals surface area contributed by atoms with Crippen LogP contribution in [0.15, 0.2) is 24.3 Å². The molecule has 39 heavy (non-hydrogen) atoms. The molecular weight excluding hydrogens is 599 g/mol. The van der Waals surface area contributed by atoms with E-state index >= 15 is 0 Å². The Morgan fingerprint density at radius 2 is 1.03 bits per heavy atom. The van der Waals surface area contributed by atoms with Crippen LogP contribution < -0.4 is 0 Å². The molecule has 1 atom stereocenters. The molecule has 1 unspecified atom stereocenters. The Hall–Kier alpha value is -2.54. The Labute approximate surface area is 205 Å². The molecule has 0 saturated carbocycles. The number of hydrogen-bond acceptors (Lipinski definition) is 3. The van der Waals surface area contributed by atoms with Gasteiger partial charge in [-0.3, -0.25) is 0 Å². The third-order valence-corrected chi connectivity index (χ3v) is 5.27. The molecule has 1 rings (SSSR count). The molecule has 0 fully saturated rings. The molecule has 3 nitrogen and oxygen atoms in total. The van der Waals surface area contributed by atoms with Gasteiger partial charge in [-0.25, -0.2) is 4.79 Å². The fraction of sp³-hybridized carbons (Fsp3) is 0.632. The van der Waals surface area contributed by atoms with Gasteiger partial charge in [-0.1, -0.05) is 18.2 Å². The number of esters is 1.